The molecule has 2 aromatic carbocycles. The fraction of sp³-hybridized carbons (Fsp3) is 0.100. The van der Waals surface area contributed by atoms with Crippen LogP contribution in [-0.2, 0) is 4.79 Å². The molecule has 0 bridgehead atoms. The van der Waals surface area contributed by atoms with E-state index in [1.165, 1.54) is 37.3 Å². The molecule has 8 heteroatoms. The minimum Gasteiger partial charge on any atom is -0.462 e. The Bertz CT molecular complexity index is 1180. The molecule has 0 N–H and O–H groups in total. The molecule has 140 valence electrons. The number of hydrogen-bond donors (Lipinski definition) is 0. The van der Waals surface area contributed by atoms with Gasteiger partial charge in [-0.25, -0.2) is 4.79 Å². The van der Waals surface area contributed by atoms with Crippen molar-refractivity contribution in [2.24, 2.45) is 0 Å². The summed E-state index contributed by atoms with van der Waals surface area (Å²) < 4.78 is 10.5. The molecule has 7 nitrogen and oxygen atoms in total. The maximum absolute atomic E-state index is 12.5. The molecule has 4 rings (SSSR count). The summed E-state index contributed by atoms with van der Waals surface area (Å²) in [6, 6.07) is 9.40. The highest BCUT2D eigenvalue weighted by Crippen LogP contribution is 2.26. The van der Waals surface area contributed by atoms with E-state index in [1.807, 2.05) is 0 Å². The molecule has 3 aromatic rings. The highest BCUT2D eigenvalue weighted by molar-refractivity contribution is 6.30. The summed E-state index contributed by atoms with van der Waals surface area (Å²) in [5, 5.41) is 0.178. The van der Waals surface area contributed by atoms with Crippen LogP contribution < -0.4 is 10.2 Å². The predicted molar refractivity (Wildman–Crippen MR) is 99.5 cm³/mol. The van der Waals surface area contributed by atoms with E-state index >= 15 is 0 Å². The zero-order chi connectivity index (χ0) is 20.0. The fourth-order valence-corrected chi connectivity index (χ4v) is 3.16. The van der Waals surface area contributed by atoms with Gasteiger partial charge in [-0.05, 0) is 31.2 Å². The number of nitrogens with zero attached hydrogens (tertiary/aromatic N) is 1. The number of carbonyl (C=O) groups excluding carboxylic acids is 3. The van der Waals surface area contributed by atoms with Gasteiger partial charge in [0.25, 0.3) is 11.8 Å². The van der Waals surface area contributed by atoms with Crippen molar-refractivity contribution in [3.63, 3.8) is 0 Å². The predicted octanol–water partition coefficient (Wildman–Crippen LogP) is 3.04. The largest absolute Gasteiger partial charge is 0.462 e. The molecule has 1 aromatic heterocycles. The molecule has 0 spiro atoms. The fourth-order valence-electron chi connectivity index (χ4n) is 3.02. The minimum atomic E-state index is -1.14. The highest BCUT2D eigenvalue weighted by atomic mass is 35.5. The summed E-state index contributed by atoms with van der Waals surface area (Å²) in [7, 11) is 0. The number of hydrogen-bond acceptors (Lipinski definition) is 6. The van der Waals surface area contributed by atoms with Crippen molar-refractivity contribution in [2.75, 3.05) is 0 Å². The van der Waals surface area contributed by atoms with Crippen LogP contribution in [0, 0.1) is 0 Å². The summed E-state index contributed by atoms with van der Waals surface area (Å²) in [4.78, 5) is 50.3. The van der Waals surface area contributed by atoms with Gasteiger partial charge in [0.2, 0.25) is 5.43 Å². The standard InChI is InChI=1S/C20H12ClNO6/c1-10(22-18(24)12-4-2-3-5-13(12)19(22)25)20(26)28-11-6-7-14-16(8-11)27-9-15(21)17(14)23/h2-10H,1H3. The van der Waals surface area contributed by atoms with Gasteiger partial charge in [-0.15, -0.1) is 0 Å². The summed E-state index contributed by atoms with van der Waals surface area (Å²) in [5.74, 6) is -1.80. The zero-order valence-electron chi connectivity index (χ0n) is 14.5. The van der Waals surface area contributed by atoms with Crippen LogP contribution in [0.15, 0.2) is 57.9 Å². The molecule has 0 saturated heterocycles. The van der Waals surface area contributed by atoms with E-state index in [9.17, 15) is 19.2 Å². The van der Waals surface area contributed by atoms with Gasteiger partial charge in [-0.3, -0.25) is 19.3 Å². The average Bonchev–Trinajstić information content (AvgIpc) is 2.95. The second kappa shape index (κ2) is 6.61. The van der Waals surface area contributed by atoms with E-state index in [1.54, 1.807) is 12.1 Å². The Morgan fingerprint density at radius 3 is 2.36 bits per heavy atom. The normalized spacial score (nSPS) is 14.3. The van der Waals surface area contributed by atoms with Gasteiger partial charge in [-0.2, -0.15) is 0 Å². The quantitative estimate of drug-likeness (QED) is 0.383. The van der Waals surface area contributed by atoms with Crippen LogP contribution in [0.5, 0.6) is 5.75 Å². The van der Waals surface area contributed by atoms with Crippen LogP contribution in [0.4, 0.5) is 0 Å². The third kappa shape index (κ3) is 2.76. The van der Waals surface area contributed by atoms with Crippen LogP contribution in [0.25, 0.3) is 11.0 Å². The smallest absolute Gasteiger partial charge is 0.334 e. The van der Waals surface area contributed by atoms with Crippen molar-refractivity contribution >= 4 is 40.4 Å². The van der Waals surface area contributed by atoms with E-state index in [0.29, 0.717) is 0 Å². The van der Waals surface area contributed by atoms with Gasteiger partial charge in [0.15, 0.2) is 0 Å². The van der Waals surface area contributed by atoms with Gasteiger partial charge in [0, 0.05) is 6.07 Å². The first-order valence-electron chi connectivity index (χ1n) is 8.28. The van der Waals surface area contributed by atoms with Crippen LogP contribution in [-0.4, -0.2) is 28.7 Å². The van der Waals surface area contributed by atoms with Gasteiger partial charge in [-0.1, -0.05) is 23.7 Å². The van der Waals surface area contributed by atoms with Crippen LogP contribution in [0.1, 0.15) is 27.6 Å². The molecular weight excluding hydrogens is 386 g/mol. The van der Waals surface area contributed by atoms with Gasteiger partial charge in [0.1, 0.15) is 28.7 Å². The SMILES string of the molecule is CC(C(=O)Oc1ccc2c(=O)c(Cl)coc2c1)N1C(=O)c2ccccc2C1=O. The highest BCUT2D eigenvalue weighted by Gasteiger charge is 2.41. The molecule has 0 radical (unpaired) electrons. The number of rotatable bonds is 3. The summed E-state index contributed by atoms with van der Waals surface area (Å²) in [6.07, 6.45) is 1.10. The molecular formula is C20H12ClNO6. The molecule has 0 saturated carbocycles. The minimum absolute atomic E-state index is 0.0588. The lowest BCUT2D eigenvalue weighted by Gasteiger charge is -2.20. The Hall–Kier alpha value is -3.45. The Balaban J connectivity index is 1.58. The zero-order valence-corrected chi connectivity index (χ0v) is 15.2. The van der Waals surface area contributed by atoms with Crippen molar-refractivity contribution in [3.8, 4) is 5.75 Å². The number of halogens is 1. The molecule has 1 atom stereocenters. The third-order valence-electron chi connectivity index (χ3n) is 4.48. The lowest BCUT2D eigenvalue weighted by atomic mass is 10.1. The molecule has 2 amide bonds. The topological polar surface area (TPSA) is 93.9 Å². The molecule has 1 aliphatic heterocycles. The number of esters is 1. The summed E-state index contributed by atoms with van der Waals surface area (Å²) in [6.45, 7) is 1.41. The third-order valence-corrected chi connectivity index (χ3v) is 4.74. The van der Waals surface area contributed by atoms with Crippen molar-refractivity contribution in [3.05, 3.63) is 75.1 Å². The molecule has 1 unspecified atom stereocenters. The first-order chi connectivity index (χ1) is 13.4. The molecule has 0 fully saturated rings. The van der Waals surface area contributed by atoms with E-state index in [4.69, 9.17) is 20.8 Å². The number of benzene rings is 2. The molecule has 2 heterocycles. The second-order valence-electron chi connectivity index (χ2n) is 6.19. The number of ether oxygens (including phenoxy) is 1. The molecule has 1 aliphatic rings. The van der Waals surface area contributed by atoms with Crippen molar-refractivity contribution in [1.29, 1.82) is 0 Å². The Morgan fingerprint density at radius 1 is 1.07 bits per heavy atom. The van der Waals surface area contributed by atoms with Crippen LogP contribution >= 0.6 is 11.6 Å². The van der Waals surface area contributed by atoms with Gasteiger partial charge in [0.05, 0.1) is 16.5 Å². The van der Waals surface area contributed by atoms with Crippen molar-refractivity contribution in [2.45, 2.75) is 13.0 Å². The van der Waals surface area contributed by atoms with Crippen molar-refractivity contribution < 1.29 is 23.5 Å². The van der Waals surface area contributed by atoms with Gasteiger partial charge >= 0.3 is 5.97 Å². The van der Waals surface area contributed by atoms with Crippen LogP contribution in [0.2, 0.25) is 5.02 Å². The Morgan fingerprint density at radius 2 is 1.71 bits per heavy atom. The number of carbonyl (C=O) groups is 3. The van der Waals surface area contributed by atoms with E-state index in [-0.39, 0.29) is 32.9 Å². The lowest BCUT2D eigenvalue weighted by Crippen LogP contribution is -2.44. The monoisotopic (exact) mass is 397 g/mol. The summed E-state index contributed by atoms with van der Waals surface area (Å²) >= 11 is 5.73. The maximum atomic E-state index is 12.5. The summed E-state index contributed by atoms with van der Waals surface area (Å²) in [5.41, 5.74) is 0.279. The van der Waals surface area contributed by atoms with E-state index < -0.39 is 29.3 Å². The Labute approximate surface area is 163 Å². The lowest BCUT2D eigenvalue weighted by molar-refractivity contribution is -0.138. The number of fused-ring (bicyclic) bond motifs is 2. The average molecular weight is 398 g/mol. The van der Waals surface area contributed by atoms with E-state index in [2.05, 4.69) is 0 Å². The first kappa shape index (κ1) is 17.9. The van der Waals surface area contributed by atoms with Crippen molar-refractivity contribution in [1.82, 2.24) is 4.90 Å². The Kier molecular flexibility index (Phi) is 4.24. The number of imide groups is 1. The molecule has 0 aliphatic carbocycles. The van der Waals surface area contributed by atoms with Crippen LogP contribution in [0.3, 0.4) is 0 Å². The maximum Gasteiger partial charge on any atom is 0.334 e. The first-order valence-corrected chi connectivity index (χ1v) is 8.66. The molecule has 28 heavy (non-hydrogen) atoms. The van der Waals surface area contributed by atoms with Gasteiger partial charge < -0.3 is 9.15 Å². The second-order valence-corrected chi connectivity index (χ2v) is 6.60. The number of amides is 2. The van der Waals surface area contributed by atoms with E-state index in [0.717, 1.165) is 11.2 Å².